The molecule has 1 saturated carbocycles. The molecule has 2 N–H and O–H groups in total. The molecule has 3 nitrogen and oxygen atoms in total. The molecule has 0 spiro atoms. The van der Waals surface area contributed by atoms with Gasteiger partial charge >= 0.3 is 5.97 Å². The summed E-state index contributed by atoms with van der Waals surface area (Å²) in [7, 11) is 0. The molecular formula is C18H27NO2. The van der Waals surface area contributed by atoms with E-state index in [1.165, 1.54) is 0 Å². The van der Waals surface area contributed by atoms with Crippen LogP contribution in [0.2, 0.25) is 0 Å². The Kier molecular flexibility index (Phi) is 4.92. The molecule has 0 saturated heterocycles. The molecule has 1 aromatic carbocycles. The van der Waals surface area contributed by atoms with Crippen LogP contribution in [0.1, 0.15) is 51.5 Å². The number of anilines is 1. The number of rotatable bonds is 4. The molecule has 0 amide bonds. The van der Waals surface area contributed by atoms with E-state index in [9.17, 15) is 9.90 Å². The quantitative estimate of drug-likeness (QED) is 0.804. The van der Waals surface area contributed by atoms with Crippen LogP contribution < -0.4 is 5.32 Å². The van der Waals surface area contributed by atoms with Crippen molar-refractivity contribution in [1.29, 1.82) is 0 Å². The Bertz CT molecular complexity index is 498. The van der Waals surface area contributed by atoms with Crippen LogP contribution in [0.15, 0.2) is 24.3 Å². The fourth-order valence-electron chi connectivity index (χ4n) is 3.40. The second-order valence-electron chi connectivity index (χ2n) is 6.76. The van der Waals surface area contributed by atoms with E-state index in [2.05, 4.69) is 19.2 Å². The summed E-state index contributed by atoms with van der Waals surface area (Å²) in [6.45, 7) is 6.51. The lowest BCUT2D eigenvalue weighted by Gasteiger charge is -2.31. The Morgan fingerprint density at radius 3 is 2.62 bits per heavy atom. The topological polar surface area (TPSA) is 49.3 Å². The van der Waals surface area contributed by atoms with Crippen molar-refractivity contribution in [3.63, 3.8) is 0 Å². The first-order chi connectivity index (χ1) is 9.94. The average Bonchev–Trinajstić information content (AvgIpc) is 2.65. The van der Waals surface area contributed by atoms with E-state index >= 15 is 0 Å². The van der Waals surface area contributed by atoms with Crippen LogP contribution in [0, 0.1) is 18.8 Å². The lowest BCUT2D eigenvalue weighted by molar-refractivity contribution is -0.142. The summed E-state index contributed by atoms with van der Waals surface area (Å²) in [5.41, 5.74) is 1.24. The summed E-state index contributed by atoms with van der Waals surface area (Å²) in [5.74, 6) is 0.563. The van der Waals surface area contributed by atoms with Gasteiger partial charge in [0, 0.05) is 5.69 Å². The number of carbonyl (C=O) groups is 1. The first-order valence-electron chi connectivity index (χ1n) is 8.02. The molecule has 0 heterocycles. The third-order valence-electron chi connectivity index (χ3n) is 4.99. The van der Waals surface area contributed by atoms with E-state index < -0.39 is 11.5 Å². The fraction of sp³-hybridized carbons (Fsp3) is 0.611. The fourth-order valence-corrected chi connectivity index (χ4v) is 3.40. The monoisotopic (exact) mass is 289 g/mol. The van der Waals surface area contributed by atoms with Crippen molar-refractivity contribution in [3.05, 3.63) is 29.8 Å². The number of carboxylic acids is 1. The van der Waals surface area contributed by atoms with Crippen molar-refractivity contribution in [2.75, 3.05) is 5.32 Å². The molecule has 0 aromatic heterocycles. The summed E-state index contributed by atoms with van der Waals surface area (Å²) in [5, 5.41) is 13.2. The predicted molar refractivity (Wildman–Crippen MR) is 86.6 cm³/mol. The minimum absolute atomic E-state index is 0.632. The van der Waals surface area contributed by atoms with Gasteiger partial charge in [-0.05, 0) is 49.7 Å². The van der Waals surface area contributed by atoms with Crippen LogP contribution >= 0.6 is 0 Å². The summed E-state index contributed by atoms with van der Waals surface area (Å²) in [6.07, 6.45) is 4.53. The highest BCUT2D eigenvalue weighted by atomic mass is 16.4. The van der Waals surface area contributed by atoms with Gasteiger partial charge in [0.05, 0.1) is 0 Å². The maximum atomic E-state index is 12.0. The lowest BCUT2D eigenvalue weighted by Crippen LogP contribution is -2.46. The Morgan fingerprint density at radius 2 is 2.00 bits per heavy atom. The van der Waals surface area contributed by atoms with E-state index in [4.69, 9.17) is 0 Å². The zero-order chi connectivity index (χ0) is 15.5. The maximum Gasteiger partial charge on any atom is 0.329 e. The summed E-state index contributed by atoms with van der Waals surface area (Å²) in [4.78, 5) is 12.0. The maximum absolute atomic E-state index is 12.0. The molecule has 116 valence electrons. The van der Waals surface area contributed by atoms with Crippen molar-refractivity contribution >= 4 is 11.7 Å². The molecule has 0 radical (unpaired) electrons. The number of para-hydroxylation sites is 1. The van der Waals surface area contributed by atoms with Crippen molar-refractivity contribution in [1.82, 2.24) is 0 Å². The minimum Gasteiger partial charge on any atom is -0.480 e. The Balaban J connectivity index is 2.21. The Labute approximate surface area is 127 Å². The van der Waals surface area contributed by atoms with Crippen molar-refractivity contribution in [3.8, 4) is 0 Å². The Morgan fingerprint density at radius 1 is 1.29 bits per heavy atom. The molecule has 1 aliphatic rings. The van der Waals surface area contributed by atoms with E-state index in [1.807, 2.05) is 31.2 Å². The van der Waals surface area contributed by atoms with E-state index in [0.29, 0.717) is 24.7 Å². The normalized spacial score (nSPS) is 26.4. The number of carboxylic acid groups (broad SMARTS) is 1. The van der Waals surface area contributed by atoms with E-state index in [1.54, 1.807) is 0 Å². The third kappa shape index (κ3) is 3.58. The molecule has 2 atom stereocenters. The summed E-state index contributed by atoms with van der Waals surface area (Å²) in [6, 6.07) is 7.94. The smallest absolute Gasteiger partial charge is 0.329 e. The zero-order valence-corrected chi connectivity index (χ0v) is 13.4. The highest BCUT2D eigenvalue weighted by molar-refractivity contribution is 5.83. The van der Waals surface area contributed by atoms with Gasteiger partial charge in [0.15, 0.2) is 0 Å². The van der Waals surface area contributed by atoms with Crippen LogP contribution in [0.5, 0.6) is 0 Å². The standard InChI is InChI=1S/C18H27NO2/c1-13(2)15-8-6-11-18(12-10-15,17(20)21)19-16-9-5-4-7-14(16)3/h4-5,7,9,13,15,19H,6,8,10-12H2,1-3H3,(H,20,21). The largest absolute Gasteiger partial charge is 0.480 e. The van der Waals surface area contributed by atoms with Crippen LogP contribution in [-0.4, -0.2) is 16.6 Å². The van der Waals surface area contributed by atoms with Gasteiger partial charge in [-0.15, -0.1) is 0 Å². The highest BCUT2D eigenvalue weighted by Gasteiger charge is 2.40. The molecule has 1 aliphatic carbocycles. The molecule has 2 unspecified atom stereocenters. The zero-order valence-electron chi connectivity index (χ0n) is 13.4. The van der Waals surface area contributed by atoms with Gasteiger partial charge in [-0.3, -0.25) is 0 Å². The molecule has 0 aliphatic heterocycles. The SMILES string of the molecule is Cc1ccccc1NC1(C(=O)O)CCCC(C(C)C)CC1. The van der Waals surface area contributed by atoms with Crippen LogP contribution in [0.3, 0.4) is 0 Å². The molecule has 3 heteroatoms. The van der Waals surface area contributed by atoms with Crippen molar-refractivity contribution in [2.45, 2.75) is 58.4 Å². The van der Waals surface area contributed by atoms with Gasteiger partial charge in [0.2, 0.25) is 0 Å². The minimum atomic E-state index is -0.810. The molecule has 1 aromatic rings. The summed E-state index contributed by atoms with van der Waals surface area (Å²) < 4.78 is 0. The van der Waals surface area contributed by atoms with Gasteiger partial charge in [0.25, 0.3) is 0 Å². The van der Waals surface area contributed by atoms with E-state index in [-0.39, 0.29) is 0 Å². The number of hydrogen-bond acceptors (Lipinski definition) is 2. The Hall–Kier alpha value is -1.51. The molecule has 0 bridgehead atoms. The van der Waals surface area contributed by atoms with Gasteiger partial charge in [-0.25, -0.2) is 4.79 Å². The van der Waals surface area contributed by atoms with E-state index in [0.717, 1.165) is 30.5 Å². The average molecular weight is 289 g/mol. The summed E-state index contributed by atoms with van der Waals surface area (Å²) >= 11 is 0. The molecule has 2 rings (SSSR count). The lowest BCUT2D eigenvalue weighted by atomic mass is 9.86. The second kappa shape index (κ2) is 6.50. The molecular weight excluding hydrogens is 262 g/mol. The third-order valence-corrected chi connectivity index (χ3v) is 4.99. The number of aliphatic carboxylic acids is 1. The van der Waals surface area contributed by atoms with Crippen molar-refractivity contribution < 1.29 is 9.90 Å². The highest BCUT2D eigenvalue weighted by Crippen LogP contribution is 2.36. The number of aryl methyl sites for hydroxylation is 1. The van der Waals surface area contributed by atoms with Gasteiger partial charge in [0.1, 0.15) is 5.54 Å². The number of hydrogen-bond donors (Lipinski definition) is 2. The number of nitrogens with one attached hydrogen (secondary N) is 1. The first kappa shape index (κ1) is 15.9. The second-order valence-corrected chi connectivity index (χ2v) is 6.76. The van der Waals surface area contributed by atoms with Crippen LogP contribution in [0.25, 0.3) is 0 Å². The van der Waals surface area contributed by atoms with Gasteiger partial charge in [-0.1, -0.05) is 44.9 Å². The number of benzene rings is 1. The predicted octanol–water partition coefficient (Wildman–Crippen LogP) is 4.47. The molecule has 21 heavy (non-hydrogen) atoms. The first-order valence-corrected chi connectivity index (χ1v) is 8.02. The van der Waals surface area contributed by atoms with Gasteiger partial charge < -0.3 is 10.4 Å². The van der Waals surface area contributed by atoms with Crippen molar-refractivity contribution in [2.24, 2.45) is 11.8 Å². The van der Waals surface area contributed by atoms with Crippen LogP contribution in [0.4, 0.5) is 5.69 Å². The molecule has 1 fully saturated rings. The van der Waals surface area contributed by atoms with Crippen LogP contribution in [-0.2, 0) is 4.79 Å². The van der Waals surface area contributed by atoms with Gasteiger partial charge in [-0.2, -0.15) is 0 Å².